The van der Waals surface area contributed by atoms with Crippen LogP contribution in [0.4, 0.5) is 11.4 Å². The Kier molecular flexibility index (Phi) is 4.45. The van der Waals surface area contributed by atoms with Gasteiger partial charge in [-0.25, -0.2) is 8.42 Å². The van der Waals surface area contributed by atoms with Crippen LogP contribution in [0.3, 0.4) is 0 Å². The highest BCUT2D eigenvalue weighted by atomic mass is 32.2. The molecule has 1 fully saturated rings. The fourth-order valence-corrected chi connectivity index (χ4v) is 3.81. The topological polar surface area (TPSA) is 116 Å². The second kappa shape index (κ2) is 5.96. The summed E-state index contributed by atoms with van der Waals surface area (Å²) in [6.07, 6.45) is 1.18. The summed E-state index contributed by atoms with van der Waals surface area (Å²) in [5.41, 5.74) is 5.39. The smallest absolute Gasteiger partial charge is 0.270 e. The van der Waals surface area contributed by atoms with Crippen LogP contribution in [0.25, 0.3) is 0 Å². The monoisotopic (exact) mass is 315 g/mol. The van der Waals surface area contributed by atoms with E-state index in [1.807, 2.05) is 0 Å². The van der Waals surface area contributed by atoms with Crippen molar-refractivity contribution >= 4 is 21.4 Å². The molecule has 1 aromatic rings. The molecule has 0 saturated carbocycles. The van der Waals surface area contributed by atoms with Crippen LogP contribution in [0.2, 0.25) is 0 Å². The molecule has 1 aliphatic rings. The Bertz CT molecular complexity index is 640. The molecule has 9 heteroatoms. The number of hydrogen-bond acceptors (Lipinski definition) is 6. The summed E-state index contributed by atoms with van der Waals surface area (Å²) < 4.78 is 31.7. The first-order valence-electron chi connectivity index (χ1n) is 6.43. The minimum Gasteiger partial charge on any atom is -0.398 e. The van der Waals surface area contributed by atoms with Crippen molar-refractivity contribution in [2.24, 2.45) is 0 Å². The van der Waals surface area contributed by atoms with Crippen LogP contribution in [-0.4, -0.2) is 43.9 Å². The largest absolute Gasteiger partial charge is 0.398 e. The lowest BCUT2D eigenvalue weighted by Crippen LogP contribution is -2.40. The van der Waals surface area contributed by atoms with Gasteiger partial charge in [0.15, 0.2) is 0 Å². The first kappa shape index (κ1) is 15.7. The average molecular weight is 315 g/mol. The van der Waals surface area contributed by atoms with E-state index in [2.05, 4.69) is 0 Å². The molecule has 0 atom stereocenters. The Labute approximate surface area is 122 Å². The summed E-state index contributed by atoms with van der Waals surface area (Å²) in [5.74, 6) is 0. The van der Waals surface area contributed by atoms with E-state index in [1.54, 1.807) is 0 Å². The minimum absolute atomic E-state index is 0.000454. The summed E-state index contributed by atoms with van der Waals surface area (Å²) >= 11 is 0. The standard InChI is InChI=1S/C12H17N3O5S/c1-14(9-4-6-20-7-5-9)21(18,19)12-8-10(15(16)17)2-3-11(12)13/h2-3,8-9H,4-7,13H2,1H3. The highest BCUT2D eigenvalue weighted by Gasteiger charge is 2.31. The van der Waals surface area contributed by atoms with Crippen molar-refractivity contribution in [2.45, 2.75) is 23.8 Å². The third-order valence-electron chi connectivity index (χ3n) is 3.57. The summed E-state index contributed by atoms with van der Waals surface area (Å²) in [4.78, 5) is 9.93. The van der Waals surface area contributed by atoms with E-state index in [1.165, 1.54) is 23.5 Å². The van der Waals surface area contributed by atoms with Crippen molar-refractivity contribution in [3.8, 4) is 0 Å². The number of nitrogens with zero attached hydrogens (tertiary/aromatic N) is 2. The molecule has 0 unspecified atom stereocenters. The molecule has 1 aromatic carbocycles. The normalized spacial score (nSPS) is 17.0. The molecule has 1 heterocycles. The number of benzene rings is 1. The number of hydrogen-bond donors (Lipinski definition) is 1. The third kappa shape index (κ3) is 3.14. The van der Waals surface area contributed by atoms with Crippen LogP contribution in [0.15, 0.2) is 23.1 Å². The molecule has 116 valence electrons. The minimum atomic E-state index is -3.88. The van der Waals surface area contributed by atoms with Crippen LogP contribution in [-0.2, 0) is 14.8 Å². The zero-order valence-corrected chi connectivity index (χ0v) is 12.4. The van der Waals surface area contributed by atoms with Gasteiger partial charge in [0.05, 0.1) is 10.6 Å². The lowest BCUT2D eigenvalue weighted by molar-refractivity contribution is -0.385. The molecule has 0 aromatic heterocycles. The number of nitrogens with two attached hydrogens (primary N) is 1. The van der Waals surface area contributed by atoms with Crippen LogP contribution >= 0.6 is 0 Å². The summed E-state index contributed by atoms with van der Waals surface area (Å²) in [6.45, 7) is 0.990. The van der Waals surface area contributed by atoms with E-state index >= 15 is 0 Å². The maximum absolute atomic E-state index is 12.6. The molecule has 1 saturated heterocycles. The fraction of sp³-hybridized carbons (Fsp3) is 0.500. The predicted molar refractivity (Wildman–Crippen MR) is 76.3 cm³/mol. The van der Waals surface area contributed by atoms with E-state index in [9.17, 15) is 18.5 Å². The van der Waals surface area contributed by atoms with Gasteiger partial charge in [0.2, 0.25) is 10.0 Å². The Balaban J connectivity index is 2.38. The number of nitro groups is 1. The predicted octanol–water partition coefficient (Wildman–Crippen LogP) is 0.977. The Hall–Kier alpha value is -1.71. The maximum Gasteiger partial charge on any atom is 0.270 e. The van der Waals surface area contributed by atoms with Crippen molar-refractivity contribution in [1.29, 1.82) is 0 Å². The van der Waals surface area contributed by atoms with E-state index in [0.29, 0.717) is 26.1 Å². The van der Waals surface area contributed by atoms with Gasteiger partial charge >= 0.3 is 0 Å². The summed E-state index contributed by atoms with van der Waals surface area (Å²) in [6, 6.07) is 3.23. The molecule has 21 heavy (non-hydrogen) atoms. The quantitative estimate of drug-likeness (QED) is 0.503. The zero-order valence-electron chi connectivity index (χ0n) is 11.6. The molecular formula is C12H17N3O5S. The van der Waals surface area contributed by atoms with Gasteiger partial charge in [-0.3, -0.25) is 10.1 Å². The van der Waals surface area contributed by atoms with Gasteiger partial charge in [-0.1, -0.05) is 0 Å². The summed E-state index contributed by atoms with van der Waals surface area (Å²) in [7, 11) is -2.42. The van der Waals surface area contributed by atoms with Gasteiger partial charge in [0, 0.05) is 38.4 Å². The van der Waals surface area contributed by atoms with Crippen LogP contribution in [0.5, 0.6) is 0 Å². The van der Waals surface area contributed by atoms with E-state index < -0.39 is 14.9 Å². The number of non-ortho nitro benzene ring substituents is 1. The van der Waals surface area contributed by atoms with E-state index in [4.69, 9.17) is 10.5 Å². The van der Waals surface area contributed by atoms with Crippen molar-refractivity contribution in [3.05, 3.63) is 28.3 Å². The molecular weight excluding hydrogens is 298 g/mol. The molecule has 8 nitrogen and oxygen atoms in total. The van der Waals surface area contributed by atoms with Gasteiger partial charge < -0.3 is 10.5 Å². The van der Waals surface area contributed by atoms with Crippen LogP contribution in [0, 0.1) is 10.1 Å². The van der Waals surface area contributed by atoms with Crippen molar-refractivity contribution in [2.75, 3.05) is 26.0 Å². The zero-order chi connectivity index (χ0) is 15.6. The SMILES string of the molecule is CN(C1CCOCC1)S(=O)(=O)c1cc([N+](=O)[O-])ccc1N. The number of nitro benzene ring substituents is 1. The van der Waals surface area contributed by atoms with Gasteiger partial charge in [-0.05, 0) is 18.9 Å². The first-order chi connectivity index (χ1) is 9.84. The first-order valence-corrected chi connectivity index (χ1v) is 7.87. The Morgan fingerprint density at radius 3 is 2.57 bits per heavy atom. The van der Waals surface area contributed by atoms with Crippen LogP contribution < -0.4 is 5.73 Å². The summed E-state index contributed by atoms with van der Waals surface area (Å²) in [5, 5.41) is 10.8. The fourth-order valence-electron chi connectivity index (χ4n) is 2.26. The molecule has 0 amide bonds. The molecule has 0 bridgehead atoms. The molecule has 0 spiro atoms. The number of anilines is 1. The molecule has 2 rings (SSSR count). The highest BCUT2D eigenvalue weighted by molar-refractivity contribution is 7.89. The van der Waals surface area contributed by atoms with E-state index in [-0.39, 0.29) is 22.3 Å². The number of rotatable bonds is 4. The third-order valence-corrected chi connectivity index (χ3v) is 5.54. The average Bonchev–Trinajstić information content (AvgIpc) is 2.47. The van der Waals surface area contributed by atoms with Gasteiger partial charge in [-0.2, -0.15) is 4.31 Å². The maximum atomic E-state index is 12.6. The second-order valence-electron chi connectivity index (χ2n) is 4.84. The second-order valence-corrected chi connectivity index (χ2v) is 6.81. The van der Waals surface area contributed by atoms with Crippen molar-refractivity contribution in [3.63, 3.8) is 0 Å². The van der Waals surface area contributed by atoms with Gasteiger partial charge in [0.25, 0.3) is 5.69 Å². The lowest BCUT2D eigenvalue weighted by atomic mass is 10.1. The number of ether oxygens (including phenoxy) is 1. The molecule has 2 N–H and O–H groups in total. The highest BCUT2D eigenvalue weighted by Crippen LogP contribution is 2.28. The molecule has 1 aliphatic heterocycles. The van der Waals surface area contributed by atoms with Gasteiger partial charge in [-0.15, -0.1) is 0 Å². The molecule has 0 radical (unpaired) electrons. The van der Waals surface area contributed by atoms with Crippen molar-refractivity contribution in [1.82, 2.24) is 4.31 Å². The van der Waals surface area contributed by atoms with Gasteiger partial charge in [0.1, 0.15) is 4.90 Å². The van der Waals surface area contributed by atoms with Crippen molar-refractivity contribution < 1.29 is 18.1 Å². The Morgan fingerprint density at radius 2 is 2.00 bits per heavy atom. The van der Waals surface area contributed by atoms with E-state index in [0.717, 1.165) is 6.07 Å². The number of nitrogen functional groups attached to an aromatic ring is 1. The molecule has 0 aliphatic carbocycles. The Morgan fingerprint density at radius 1 is 1.38 bits per heavy atom. The lowest BCUT2D eigenvalue weighted by Gasteiger charge is -2.30. The number of sulfonamides is 1. The van der Waals surface area contributed by atoms with Crippen LogP contribution in [0.1, 0.15) is 12.8 Å².